The van der Waals surface area contributed by atoms with Crippen LogP contribution < -0.4 is 0 Å². The summed E-state index contributed by atoms with van der Waals surface area (Å²) in [7, 11) is 0. The maximum atomic E-state index is 10.8. The monoisotopic (exact) mass is 186 g/mol. The zero-order chi connectivity index (χ0) is 10.3. The van der Waals surface area contributed by atoms with Crippen molar-refractivity contribution in [2.45, 2.75) is 25.7 Å². The van der Waals surface area contributed by atoms with Crippen molar-refractivity contribution >= 4 is 23.8 Å². The predicted molar refractivity (Wildman–Crippen MR) is 42.2 cm³/mol. The van der Waals surface area contributed by atoms with Crippen LogP contribution in [0.2, 0.25) is 0 Å². The second-order valence-corrected chi connectivity index (χ2v) is 2.53. The smallest absolute Gasteiger partial charge is 0.310 e. The lowest BCUT2D eigenvalue weighted by Gasteiger charge is -1.95. The summed E-state index contributed by atoms with van der Waals surface area (Å²) in [6.45, 7) is 0. The second kappa shape index (κ2) is 6.05. The molecule has 0 radical (unpaired) electrons. The molecule has 72 valence electrons. The lowest BCUT2D eigenvalue weighted by atomic mass is 10.1. The van der Waals surface area contributed by atoms with E-state index in [0.717, 1.165) is 0 Å². The molecule has 0 saturated heterocycles. The molecule has 0 amide bonds. The lowest BCUT2D eigenvalue weighted by molar-refractivity contribution is -0.140. The number of aldehydes is 1. The molecule has 0 aliphatic carbocycles. The fourth-order valence-corrected chi connectivity index (χ4v) is 0.759. The molecule has 5 heteroatoms. The van der Waals surface area contributed by atoms with Crippen molar-refractivity contribution in [3.8, 4) is 0 Å². The quantitative estimate of drug-likeness (QED) is 0.445. The van der Waals surface area contributed by atoms with Crippen LogP contribution >= 0.6 is 0 Å². The van der Waals surface area contributed by atoms with E-state index in [9.17, 15) is 19.2 Å². The molecule has 0 saturated carbocycles. The Morgan fingerprint density at radius 3 is 2.15 bits per heavy atom. The maximum Gasteiger partial charge on any atom is 0.310 e. The molecule has 0 heterocycles. The number of carboxylic acid groups (broad SMARTS) is 1. The van der Waals surface area contributed by atoms with Gasteiger partial charge in [0.25, 0.3) is 0 Å². The van der Waals surface area contributed by atoms with Crippen LogP contribution in [-0.4, -0.2) is 28.9 Å². The van der Waals surface area contributed by atoms with Gasteiger partial charge in [0.2, 0.25) is 0 Å². The highest BCUT2D eigenvalue weighted by Gasteiger charge is 2.12. The maximum absolute atomic E-state index is 10.8. The van der Waals surface area contributed by atoms with E-state index in [2.05, 4.69) is 0 Å². The summed E-state index contributed by atoms with van der Waals surface area (Å²) in [5, 5.41) is 8.18. The Bertz CT molecular complexity index is 231. The largest absolute Gasteiger partial charge is 0.481 e. The molecule has 0 bridgehead atoms. The molecule has 0 spiro atoms. The molecule has 0 aromatic rings. The summed E-state index contributed by atoms with van der Waals surface area (Å²) >= 11 is 0. The highest BCUT2D eigenvalue weighted by atomic mass is 16.4. The molecule has 0 fully saturated rings. The summed E-state index contributed by atoms with van der Waals surface area (Å²) in [5.74, 6) is -2.25. The molecule has 1 N–H and O–H groups in total. The van der Waals surface area contributed by atoms with Gasteiger partial charge in [-0.25, -0.2) is 0 Å². The Morgan fingerprint density at radius 1 is 1.08 bits per heavy atom. The van der Waals surface area contributed by atoms with E-state index >= 15 is 0 Å². The number of Topliss-reactive ketones (excluding diaryl/α,β-unsaturated/α-hetero) is 2. The van der Waals surface area contributed by atoms with Crippen molar-refractivity contribution in [3.63, 3.8) is 0 Å². The molecule has 0 aliphatic heterocycles. The molecular weight excluding hydrogens is 176 g/mol. The number of aliphatic carboxylic acids is 1. The number of carboxylic acids is 1. The minimum atomic E-state index is -1.24. The summed E-state index contributed by atoms with van der Waals surface area (Å²) in [4.78, 5) is 41.4. The Kier molecular flexibility index (Phi) is 5.34. The number of carbonyl (C=O) groups excluding carboxylic acids is 3. The highest BCUT2D eigenvalue weighted by Crippen LogP contribution is 1.97. The van der Waals surface area contributed by atoms with Gasteiger partial charge in [-0.2, -0.15) is 0 Å². The summed E-state index contributed by atoms with van der Waals surface area (Å²) < 4.78 is 0. The van der Waals surface area contributed by atoms with E-state index in [0.29, 0.717) is 6.29 Å². The Labute approximate surface area is 74.7 Å². The first kappa shape index (κ1) is 11.5. The summed E-state index contributed by atoms with van der Waals surface area (Å²) in [6.07, 6.45) is -0.347. The number of carbonyl (C=O) groups is 4. The van der Waals surface area contributed by atoms with Crippen LogP contribution in [0.1, 0.15) is 25.7 Å². The van der Waals surface area contributed by atoms with E-state index in [1.54, 1.807) is 0 Å². The van der Waals surface area contributed by atoms with E-state index in [1.165, 1.54) is 0 Å². The first-order chi connectivity index (χ1) is 6.06. The van der Waals surface area contributed by atoms with Crippen LogP contribution in [0.15, 0.2) is 0 Å². The summed E-state index contributed by atoms with van der Waals surface area (Å²) in [5.41, 5.74) is 0. The molecule has 0 rings (SSSR count). The lowest BCUT2D eigenvalue weighted by Crippen LogP contribution is -2.11. The summed E-state index contributed by atoms with van der Waals surface area (Å²) in [6, 6.07) is 0. The van der Waals surface area contributed by atoms with Gasteiger partial charge in [0.05, 0.1) is 6.42 Å². The number of ketones is 2. The third-order valence-electron chi connectivity index (χ3n) is 1.28. The SMILES string of the molecule is O=CCCC(=O)CC(=O)CC(=O)O. The Balaban J connectivity index is 3.71. The van der Waals surface area contributed by atoms with Gasteiger partial charge in [0, 0.05) is 12.8 Å². The van der Waals surface area contributed by atoms with Crippen molar-refractivity contribution in [1.29, 1.82) is 0 Å². The topological polar surface area (TPSA) is 88.5 Å². The van der Waals surface area contributed by atoms with Crippen molar-refractivity contribution in [2.24, 2.45) is 0 Å². The van der Waals surface area contributed by atoms with E-state index in [4.69, 9.17) is 5.11 Å². The zero-order valence-electron chi connectivity index (χ0n) is 6.99. The molecular formula is C8H10O5. The van der Waals surface area contributed by atoms with E-state index in [-0.39, 0.29) is 19.3 Å². The first-order valence-corrected chi connectivity index (χ1v) is 3.75. The van der Waals surface area contributed by atoms with Gasteiger partial charge in [-0.05, 0) is 0 Å². The standard InChI is InChI=1S/C8H10O5/c9-3-1-2-6(10)4-7(11)5-8(12)13/h3H,1-2,4-5H2,(H,12,13). The number of hydrogen-bond acceptors (Lipinski definition) is 4. The van der Waals surface area contributed by atoms with E-state index < -0.39 is 24.0 Å². The third-order valence-corrected chi connectivity index (χ3v) is 1.28. The molecule has 0 unspecified atom stereocenters. The van der Waals surface area contributed by atoms with Gasteiger partial charge in [0.15, 0.2) is 5.78 Å². The number of rotatable bonds is 7. The van der Waals surface area contributed by atoms with Gasteiger partial charge in [-0.3, -0.25) is 14.4 Å². The van der Waals surface area contributed by atoms with E-state index in [1.807, 2.05) is 0 Å². The number of hydrogen-bond donors (Lipinski definition) is 1. The van der Waals surface area contributed by atoms with Crippen LogP contribution in [0.3, 0.4) is 0 Å². The van der Waals surface area contributed by atoms with Crippen LogP contribution in [0.5, 0.6) is 0 Å². The fraction of sp³-hybridized carbons (Fsp3) is 0.500. The van der Waals surface area contributed by atoms with Gasteiger partial charge in [-0.1, -0.05) is 0 Å². The van der Waals surface area contributed by atoms with Gasteiger partial charge < -0.3 is 9.90 Å². The molecule has 5 nitrogen and oxygen atoms in total. The van der Waals surface area contributed by atoms with Crippen molar-refractivity contribution in [2.75, 3.05) is 0 Å². The average Bonchev–Trinajstić information content (AvgIpc) is 1.98. The normalized spacial score (nSPS) is 9.23. The highest BCUT2D eigenvalue weighted by molar-refractivity contribution is 6.05. The van der Waals surface area contributed by atoms with Gasteiger partial charge in [-0.15, -0.1) is 0 Å². The average molecular weight is 186 g/mol. The third kappa shape index (κ3) is 6.86. The minimum absolute atomic E-state index is 0.00879. The minimum Gasteiger partial charge on any atom is -0.481 e. The first-order valence-electron chi connectivity index (χ1n) is 3.75. The van der Waals surface area contributed by atoms with Crippen LogP contribution in [0.25, 0.3) is 0 Å². The van der Waals surface area contributed by atoms with Crippen molar-refractivity contribution in [3.05, 3.63) is 0 Å². The van der Waals surface area contributed by atoms with Crippen molar-refractivity contribution < 1.29 is 24.3 Å². The molecule has 0 aromatic heterocycles. The molecule has 0 aromatic carbocycles. The zero-order valence-corrected chi connectivity index (χ0v) is 6.99. The van der Waals surface area contributed by atoms with Crippen LogP contribution in [0, 0.1) is 0 Å². The Morgan fingerprint density at radius 2 is 1.69 bits per heavy atom. The van der Waals surface area contributed by atoms with Crippen LogP contribution in [0.4, 0.5) is 0 Å². The van der Waals surface area contributed by atoms with Gasteiger partial charge >= 0.3 is 5.97 Å². The molecule has 13 heavy (non-hydrogen) atoms. The molecule has 0 aliphatic rings. The van der Waals surface area contributed by atoms with Crippen molar-refractivity contribution in [1.82, 2.24) is 0 Å². The predicted octanol–water partition coefficient (Wildman–Crippen LogP) is -0.0315. The van der Waals surface area contributed by atoms with Gasteiger partial charge in [0.1, 0.15) is 18.5 Å². The fourth-order valence-electron chi connectivity index (χ4n) is 0.759. The second-order valence-electron chi connectivity index (χ2n) is 2.53. The Hall–Kier alpha value is -1.52. The molecule has 0 atom stereocenters. The van der Waals surface area contributed by atoms with Crippen LogP contribution in [-0.2, 0) is 19.2 Å².